The molecule has 0 saturated heterocycles. The van der Waals surface area contributed by atoms with Gasteiger partial charge >= 0.3 is 5.97 Å². The molecule has 2 rings (SSSR count). The molecule has 0 radical (unpaired) electrons. The second-order valence-electron chi connectivity index (χ2n) is 4.49. The number of hydrogen-bond donors (Lipinski definition) is 2. The van der Waals surface area contributed by atoms with Gasteiger partial charge in [0.25, 0.3) is 0 Å². The van der Waals surface area contributed by atoms with E-state index < -0.39 is 22.0 Å². The number of benzene rings is 1. The van der Waals surface area contributed by atoms with Crippen molar-refractivity contribution in [2.24, 2.45) is 5.73 Å². The fourth-order valence-corrected chi connectivity index (χ4v) is 3.63. The summed E-state index contributed by atoms with van der Waals surface area (Å²) < 4.78 is 12.3. The third kappa shape index (κ3) is 2.62. The molecular weight excluding hydrogens is 250 g/mol. The highest BCUT2D eigenvalue weighted by molar-refractivity contribution is 7.86. The van der Waals surface area contributed by atoms with E-state index in [1.807, 2.05) is 12.1 Å². The molecular formula is C13H17NO3S. The Balaban J connectivity index is 2.24. The minimum atomic E-state index is -1.52. The summed E-state index contributed by atoms with van der Waals surface area (Å²) in [5, 5.41) is 8.17. The monoisotopic (exact) mass is 267 g/mol. The topological polar surface area (TPSA) is 80.4 Å². The first-order valence-corrected chi connectivity index (χ1v) is 7.30. The quantitative estimate of drug-likeness (QED) is 0.836. The fourth-order valence-electron chi connectivity index (χ4n) is 2.31. The third-order valence-corrected chi connectivity index (χ3v) is 4.94. The van der Waals surface area contributed by atoms with Crippen LogP contribution in [0.15, 0.2) is 23.1 Å². The van der Waals surface area contributed by atoms with Crippen LogP contribution in [0.5, 0.6) is 0 Å². The summed E-state index contributed by atoms with van der Waals surface area (Å²) in [6.07, 6.45) is 3.41. The van der Waals surface area contributed by atoms with Gasteiger partial charge in [0.15, 0.2) is 0 Å². The summed E-state index contributed by atoms with van der Waals surface area (Å²) in [6.45, 7) is 0.230. The van der Waals surface area contributed by atoms with Crippen LogP contribution in [0.2, 0.25) is 0 Å². The van der Waals surface area contributed by atoms with Crippen molar-refractivity contribution in [2.75, 3.05) is 6.54 Å². The van der Waals surface area contributed by atoms with Crippen molar-refractivity contribution in [1.29, 1.82) is 0 Å². The first-order chi connectivity index (χ1) is 8.63. The zero-order valence-electron chi connectivity index (χ0n) is 10.1. The fraction of sp³-hybridized carbons (Fsp3) is 0.462. The van der Waals surface area contributed by atoms with Crippen LogP contribution in [-0.4, -0.2) is 27.1 Å². The van der Waals surface area contributed by atoms with Crippen molar-refractivity contribution in [1.82, 2.24) is 0 Å². The van der Waals surface area contributed by atoms with Crippen LogP contribution in [0.3, 0.4) is 0 Å². The van der Waals surface area contributed by atoms with E-state index in [-0.39, 0.29) is 13.0 Å². The standard InChI is InChI=1S/C13H17NO3S/c14-7-6-12(13(15)16)18(17)11-5-4-9-2-1-3-10(9)8-11/h4-5,8,12H,1-3,6-7,14H2,(H,15,16). The van der Waals surface area contributed by atoms with Crippen molar-refractivity contribution >= 4 is 16.8 Å². The first kappa shape index (κ1) is 13.2. The normalized spacial score (nSPS) is 17.2. The van der Waals surface area contributed by atoms with Crippen molar-refractivity contribution in [2.45, 2.75) is 35.8 Å². The van der Waals surface area contributed by atoms with Crippen LogP contribution < -0.4 is 5.73 Å². The molecule has 0 heterocycles. The Bertz CT molecular complexity index is 487. The van der Waals surface area contributed by atoms with Crippen molar-refractivity contribution in [3.8, 4) is 0 Å². The van der Waals surface area contributed by atoms with E-state index >= 15 is 0 Å². The molecule has 3 N–H and O–H groups in total. The van der Waals surface area contributed by atoms with Gasteiger partial charge in [-0.05, 0) is 55.5 Å². The lowest BCUT2D eigenvalue weighted by Gasteiger charge is -2.12. The highest BCUT2D eigenvalue weighted by Crippen LogP contribution is 2.25. The van der Waals surface area contributed by atoms with Gasteiger partial charge in [0.1, 0.15) is 5.25 Å². The molecule has 0 fully saturated rings. The van der Waals surface area contributed by atoms with Gasteiger partial charge in [-0.3, -0.25) is 9.00 Å². The van der Waals surface area contributed by atoms with Crippen molar-refractivity contribution in [3.05, 3.63) is 29.3 Å². The number of carboxylic acids is 1. The number of fused-ring (bicyclic) bond motifs is 1. The number of aryl methyl sites for hydroxylation is 2. The number of nitrogens with two attached hydrogens (primary N) is 1. The molecule has 1 aliphatic rings. The summed E-state index contributed by atoms with van der Waals surface area (Å²) in [4.78, 5) is 11.7. The van der Waals surface area contributed by atoms with Gasteiger partial charge in [-0.25, -0.2) is 0 Å². The zero-order valence-corrected chi connectivity index (χ0v) is 10.9. The maximum atomic E-state index is 12.3. The van der Waals surface area contributed by atoms with Crippen LogP contribution >= 0.6 is 0 Å². The molecule has 98 valence electrons. The number of carbonyl (C=O) groups is 1. The van der Waals surface area contributed by atoms with E-state index in [4.69, 9.17) is 10.8 Å². The zero-order chi connectivity index (χ0) is 13.1. The van der Waals surface area contributed by atoms with Gasteiger partial charge in [-0.15, -0.1) is 0 Å². The maximum Gasteiger partial charge on any atom is 0.319 e. The predicted molar refractivity (Wildman–Crippen MR) is 70.0 cm³/mol. The lowest BCUT2D eigenvalue weighted by atomic mass is 10.1. The molecule has 1 aromatic carbocycles. The Morgan fingerprint density at radius 1 is 1.39 bits per heavy atom. The lowest BCUT2D eigenvalue weighted by molar-refractivity contribution is -0.136. The average Bonchev–Trinajstić information content (AvgIpc) is 2.81. The number of hydrogen-bond acceptors (Lipinski definition) is 3. The van der Waals surface area contributed by atoms with E-state index in [1.165, 1.54) is 11.1 Å². The highest BCUT2D eigenvalue weighted by atomic mass is 32.2. The smallest absolute Gasteiger partial charge is 0.319 e. The van der Waals surface area contributed by atoms with Gasteiger partial charge in [0.05, 0.1) is 10.8 Å². The molecule has 0 bridgehead atoms. The largest absolute Gasteiger partial charge is 0.480 e. The molecule has 0 spiro atoms. The van der Waals surface area contributed by atoms with E-state index in [2.05, 4.69) is 0 Å². The SMILES string of the molecule is NCCC(C(=O)O)S(=O)c1ccc2c(c1)CCC2. The molecule has 2 unspecified atom stereocenters. The molecule has 5 heteroatoms. The predicted octanol–water partition coefficient (Wildman–Crippen LogP) is 1.08. The van der Waals surface area contributed by atoms with E-state index in [0.29, 0.717) is 4.90 Å². The van der Waals surface area contributed by atoms with E-state index in [1.54, 1.807) is 6.07 Å². The van der Waals surface area contributed by atoms with Gasteiger partial charge in [-0.2, -0.15) is 0 Å². The number of rotatable bonds is 5. The Kier molecular flexibility index (Phi) is 4.14. The summed E-state index contributed by atoms with van der Waals surface area (Å²) in [5.74, 6) is -1.04. The Labute approximate surface area is 109 Å². The molecule has 1 aliphatic carbocycles. The molecule has 1 aromatic rings. The highest BCUT2D eigenvalue weighted by Gasteiger charge is 2.26. The summed E-state index contributed by atoms with van der Waals surface area (Å²) in [5.41, 5.74) is 7.87. The lowest BCUT2D eigenvalue weighted by Crippen LogP contribution is -2.28. The van der Waals surface area contributed by atoms with Gasteiger partial charge in [-0.1, -0.05) is 6.07 Å². The van der Waals surface area contributed by atoms with Crippen LogP contribution in [0.1, 0.15) is 24.0 Å². The Morgan fingerprint density at radius 2 is 2.11 bits per heavy atom. The molecule has 0 saturated carbocycles. The second kappa shape index (κ2) is 5.63. The molecule has 0 aromatic heterocycles. The Morgan fingerprint density at radius 3 is 2.78 bits per heavy atom. The molecule has 2 atom stereocenters. The van der Waals surface area contributed by atoms with E-state index in [0.717, 1.165) is 19.3 Å². The van der Waals surface area contributed by atoms with Crippen LogP contribution in [0.4, 0.5) is 0 Å². The summed E-state index contributed by atoms with van der Waals surface area (Å²) in [7, 11) is -1.52. The van der Waals surface area contributed by atoms with E-state index in [9.17, 15) is 9.00 Å². The van der Waals surface area contributed by atoms with Gasteiger partial charge in [0.2, 0.25) is 0 Å². The number of aliphatic carboxylic acids is 1. The Hall–Kier alpha value is -1.20. The first-order valence-electron chi connectivity index (χ1n) is 6.08. The summed E-state index contributed by atoms with van der Waals surface area (Å²) >= 11 is 0. The minimum Gasteiger partial charge on any atom is -0.480 e. The van der Waals surface area contributed by atoms with Gasteiger partial charge in [0, 0.05) is 4.90 Å². The molecule has 0 aliphatic heterocycles. The molecule has 4 nitrogen and oxygen atoms in total. The second-order valence-corrected chi connectivity index (χ2v) is 6.12. The van der Waals surface area contributed by atoms with Crippen molar-refractivity contribution in [3.63, 3.8) is 0 Å². The molecule has 0 amide bonds. The van der Waals surface area contributed by atoms with Crippen LogP contribution in [-0.2, 0) is 28.4 Å². The number of carboxylic acid groups (broad SMARTS) is 1. The summed E-state index contributed by atoms with van der Waals surface area (Å²) in [6, 6.07) is 5.65. The minimum absolute atomic E-state index is 0.230. The maximum absolute atomic E-state index is 12.3. The van der Waals surface area contributed by atoms with Crippen molar-refractivity contribution < 1.29 is 14.1 Å². The average molecular weight is 267 g/mol. The van der Waals surface area contributed by atoms with Crippen LogP contribution in [0.25, 0.3) is 0 Å². The van der Waals surface area contributed by atoms with Gasteiger partial charge < -0.3 is 10.8 Å². The van der Waals surface area contributed by atoms with Crippen LogP contribution in [0, 0.1) is 0 Å². The molecule has 18 heavy (non-hydrogen) atoms. The third-order valence-electron chi connectivity index (χ3n) is 3.26.